The highest BCUT2D eigenvalue weighted by Gasteiger charge is 2.14. The summed E-state index contributed by atoms with van der Waals surface area (Å²) in [5.74, 6) is 2.07. The van der Waals surface area contributed by atoms with Gasteiger partial charge in [-0.2, -0.15) is 4.98 Å². The maximum atomic E-state index is 5.90. The number of alkyl halides is 1. The number of halogens is 2. The summed E-state index contributed by atoms with van der Waals surface area (Å²) >= 11 is 11.2. The van der Waals surface area contributed by atoms with E-state index in [9.17, 15) is 0 Å². The van der Waals surface area contributed by atoms with E-state index in [4.69, 9.17) is 16.3 Å². The van der Waals surface area contributed by atoms with Gasteiger partial charge in [0.15, 0.2) is 5.65 Å². The normalized spacial score (nSPS) is 11.2. The topological polar surface area (TPSA) is 39.9 Å². The summed E-state index contributed by atoms with van der Waals surface area (Å²) in [5.41, 5.74) is 1.69. The fraction of sp³-hybridized carbons (Fsp3) is 0.286. The zero-order valence-corrected chi connectivity index (χ0v) is 14.5. The van der Waals surface area contributed by atoms with Gasteiger partial charge in [0, 0.05) is 27.7 Å². The second kappa shape index (κ2) is 6.34. The van der Waals surface area contributed by atoms with E-state index in [1.807, 2.05) is 18.2 Å². The maximum Gasteiger partial charge on any atom is 0.215 e. The summed E-state index contributed by atoms with van der Waals surface area (Å²) in [6.45, 7) is 0.723. The fourth-order valence-corrected chi connectivity index (χ4v) is 3.80. The van der Waals surface area contributed by atoms with Gasteiger partial charge in [-0.1, -0.05) is 0 Å². The molecule has 3 heterocycles. The number of ether oxygens (including phenoxy) is 1. The Balaban J connectivity index is 2.12. The Kier molecular flexibility index (Phi) is 4.47. The summed E-state index contributed by atoms with van der Waals surface area (Å²) in [7, 11) is 1.62. The Labute approximate surface area is 139 Å². The number of aryl methyl sites for hydroxylation is 1. The molecule has 0 aliphatic rings. The van der Waals surface area contributed by atoms with E-state index in [0.717, 1.165) is 28.0 Å². The van der Waals surface area contributed by atoms with Crippen LogP contribution in [0.4, 0.5) is 0 Å². The van der Waals surface area contributed by atoms with Crippen LogP contribution in [0.5, 0.6) is 5.88 Å². The quantitative estimate of drug-likeness (QED) is 0.620. The molecule has 3 rings (SSSR count). The van der Waals surface area contributed by atoms with Gasteiger partial charge >= 0.3 is 0 Å². The van der Waals surface area contributed by atoms with Crippen LogP contribution in [-0.2, 0) is 13.0 Å². The molecule has 7 heteroatoms. The van der Waals surface area contributed by atoms with E-state index in [1.165, 1.54) is 4.88 Å². The highest BCUT2D eigenvalue weighted by atomic mass is 79.9. The first-order valence-corrected chi connectivity index (χ1v) is 8.61. The van der Waals surface area contributed by atoms with Crippen LogP contribution < -0.4 is 4.74 Å². The van der Waals surface area contributed by atoms with Gasteiger partial charge in [-0.05, 0) is 33.4 Å². The van der Waals surface area contributed by atoms with Crippen LogP contribution >= 0.6 is 38.9 Å². The smallest absolute Gasteiger partial charge is 0.215 e. The summed E-state index contributed by atoms with van der Waals surface area (Å²) < 4.78 is 8.43. The molecular formula is C14H13BrClN3OS. The molecule has 110 valence electrons. The molecule has 0 aliphatic heterocycles. The molecule has 4 nitrogen and oxygen atoms in total. The first-order valence-electron chi connectivity index (χ1n) is 6.41. The van der Waals surface area contributed by atoms with E-state index in [-0.39, 0.29) is 0 Å². The fourth-order valence-electron chi connectivity index (χ4n) is 2.17. The second-order valence-corrected chi connectivity index (χ2v) is 6.67. The third-order valence-electron chi connectivity index (χ3n) is 3.17. The number of nitrogens with zero attached hydrogens (tertiary/aromatic N) is 3. The van der Waals surface area contributed by atoms with E-state index in [1.54, 1.807) is 18.4 Å². The van der Waals surface area contributed by atoms with E-state index < -0.39 is 0 Å². The number of methoxy groups -OCH3 is 1. The van der Waals surface area contributed by atoms with Crippen molar-refractivity contribution in [2.24, 2.45) is 0 Å². The van der Waals surface area contributed by atoms with Crippen LogP contribution in [0.25, 0.3) is 11.2 Å². The minimum absolute atomic E-state index is 0.534. The Morgan fingerprint density at radius 2 is 2.19 bits per heavy atom. The van der Waals surface area contributed by atoms with Crippen LogP contribution in [0.15, 0.2) is 28.1 Å². The van der Waals surface area contributed by atoms with Crippen molar-refractivity contribution in [3.05, 3.63) is 38.8 Å². The summed E-state index contributed by atoms with van der Waals surface area (Å²) in [5, 5.41) is 2.06. The lowest BCUT2D eigenvalue weighted by Gasteiger charge is -2.07. The summed E-state index contributed by atoms with van der Waals surface area (Å²) in [6, 6.07) is 5.80. The number of aromatic nitrogens is 3. The standard InChI is InChI=1S/C14H13BrClN3OS/c1-20-13-3-2-10-14(18-13)19(12(17-10)4-6-16)8-11-9(15)5-7-21-11/h2-3,5,7H,4,6,8H2,1H3. The predicted molar refractivity (Wildman–Crippen MR) is 89.6 cm³/mol. The number of pyridine rings is 1. The molecule has 0 radical (unpaired) electrons. The molecule has 0 saturated carbocycles. The number of thiophene rings is 1. The molecule has 0 fully saturated rings. The molecule has 21 heavy (non-hydrogen) atoms. The summed E-state index contributed by atoms with van der Waals surface area (Å²) in [6.07, 6.45) is 0.712. The first kappa shape index (κ1) is 14.8. The zero-order valence-electron chi connectivity index (χ0n) is 11.3. The van der Waals surface area contributed by atoms with E-state index in [2.05, 4.69) is 35.8 Å². The summed E-state index contributed by atoms with van der Waals surface area (Å²) in [4.78, 5) is 10.4. The average molecular weight is 387 g/mol. The van der Waals surface area contributed by atoms with Gasteiger partial charge in [-0.25, -0.2) is 4.98 Å². The SMILES string of the molecule is COc1ccc2nc(CCCl)n(Cc3sccc3Br)c2n1. The molecular weight excluding hydrogens is 374 g/mol. The van der Waals surface area contributed by atoms with Crippen LogP contribution in [0.2, 0.25) is 0 Å². The van der Waals surface area contributed by atoms with Crippen LogP contribution in [0, 0.1) is 0 Å². The molecule has 3 aromatic rings. The first-order chi connectivity index (χ1) is 10.2. The van der Waals surface area contributed by atoms with Gasteiger partial charge < -0.3 is 9.30 Å². The average Bonchev–Trinajstić information content (AvgIpc) is 3.04. The lowest BCUT2D eigenvalue weighted by atomic mass is 10.4. The number of imidazole rings is 1. The van der Waals surface area contributed by atoms with Crippen molar-refractivity contribution in [3.63, 3.8) is 0 Å². The molecule has 0 saturated heterocycles. The van der Waals surface area contributed by atoms with E-state index in [0.29, 0.717) is 18.2 Å². The molecule has 0 unspecified atom stereocenters. The minimum atomic E-state index is 0.534. The third kappa shape index (κ3) is 2.93. The lowest BCUT2D eigenvalue weighted by molar-refractivity contribution is 0.399. The van der Waals surface area contributed by atoms with Crippen molar-refractivity contribution in [3.8, 4) is 5.88 Å². The zero-order chi connectivity index (χ0) is 14.8. The number of rotatable bonds is 5. The van der Waals surface area contributed by atoms with Crippen molar-refractivity contribution in [2.75, 3.05) is 13.0 Å². The van der Waals surface area contributed by atoms with Crippen molar-refractivity contribution in [1.82, 2.24) is 14.5 Å². The lowest BCUT2D eigenvalue weighted by Crippen LogP contribution is -2.06. The van der Waals surface area contributed by atoms with Crippen molar-refractivity contribution in [1.29, 1.82) is 0 Å². The molecule has 0 aliphatic carbocycles. The van der Waals surface area contributed by atoms with E-state index >= 15 is 0 Å². The van der Waals surface area contributed by atoms with Crippen molar-refractivity contribution < 1.29 is 4.74 Å². The van der Waals surface area contributed by atoms with Crippen LogP contribution in [0.1, 0.15) is 10.7 Å². The number of hydrogen-bond donors (Lipinski definition) is 0. The van der Waals surface area contributed by atoms with Gasteiger partial charge in [0.05, 0.1) is 13.7 Å². The van der Waals surface area contributed by atoms with Crippen LogP contribution in [-0.4, -0.2) is 27.5 Å². The van der Waals surface area contributed by atoms with Gasteiger partial charge in [-0.15, -0.1) is 22.9 Å². The monoisotopic (exact) mass is 385 g/mol. The van der Waals surface area contributed by atoms with Gasteiger partial charge in [0.2, 0.25) is 5.88 Å². The molecule has 0 aromatic carbocycles. The molecule has 0 N–H and O–H groups in total. The largest absolute Gasteiger partial charge is 0.481 e. The Morgan fingerprint density at radius 3 is 2.86 bits per heavy atom. The third-order valence-corrected chi connectivity index (χ3v) is 5.27. The Bertz CT molecular complexity index is 771. The maximum absolute atomic E-state index is 5.90. The number of hydrogen-bond acceptors (Lipinski definition) is 4. The molecule has 0 atom stereocenters. The Hall–Kier alpha value is -1.11. The second-order valence-electron chi connectivity index (χ2n) is 4.44. The minimum Gasteiger partial charge on any atom is -0.481 e. The van der Waals surface area contributed by atoms with Crippen molar-refractivity contribution >= 4 is 50.0 Å². The van der Waals surface area contributed by atoms with Crippen molar-refractivity contribution in [2.45, 2.75) is 13.0 Å². The van der Waals surface area contributed by atoms with Gasteiger partial charge in [-0.3, -0.25) is 0 Å². The molecule has 0 spiro atoms. The van der Waals surface area contributed by atoms with Crippen LogP contribution in [0.3, 0.4) is 0 Å². The predicted octanol–water partition coefficient (Wildman–Crippen LogP) is 4.09. The Morgan fingerprint density at radius 1 is 1.33 bits per heavy atom. The van der Waals surface area contributed by atoms with Gasteiger partial charge in [0.1, 0.15) is 11.3 Å². The highest BCUT2D eigenvalue weighted by Crippen LogP contribution is 2.26. The molecule has 3 aromatic heterocycles. The highest BCUT2D eigenvalue weighted by molar-refractivity contribution is 9.10. The van der Waals surface area contributed by atoms with Gasteiger partial charge in [0.25, 0.3) is 0 Å². The molecule has 0 bridgehead atoms. The number of fused-ring (bicyclic) bond motifs is 1. The molecule has 0 amide bonds.